The molecule has 2 heterocycles. The van der Waals surface area contributed by atoms with E-state index in [-0.39, 0.29) is 0 Å². The molecule has 16 heavy (non-hydrogen) atoms. The molecule has 84 valence electrons. The average molecular weight is 218 g/mol. The summed E-state index contributed by atoms with van der Waals surface area (Å²) in [7, 11) is 3.57. The predicted octanol–water partition coefficient (Wildman–Crippen LogP) is 0.635. The Morgan fingerprint density at radius 3 is 3.00 bits per heavy atom. The van der Waals surface area contributed by atoms with Gasteiger partial charge in [0, 0.05) is 26.3 Å². The Morgan fingerprint density at radius 2 is 2.38 bits per heavy atom. The summed E-state index contributed by atoms with van der Waals surface area (Å²) in [6.07, 6.45) is 1.71. The fourth-order valence-electron chi connectivity index (χ4n) is 1.74. The van der Waals surface area contributed by atoms with Crippen LogP contribution in [0.15, 0.2) is 18.3 Å². The molecule has 1 aromatic heterocycles. The van der Waals surface area contributed by atoms with Crippen LogP contribution in [0.25, 0.3) is 0 Å². The molecule has 0 unspecified atom stereocenters. The monoisotopic (exact) mass is 218 g/mol. The number of pyridine rings is 1. The van der Waals surface area contributed by atoms with Crippen molar-refractivity contribution in [3.8, 4) is 6.07 Å². The van der Waals surface area contributed by atoms with E-state index in [1.54, 1.807) is 25.4 Å². The van der Waals surface area contributed by atoms with Gasteiger partial charge in [-0.25, -0.2) is 4.98 Å². The molecule has 0 amide bonds. The molecule has 0 N–H and O–H groups in total. The Hall–Kier alpha value is -1.64. The van der Waals surface area contributed by atoms with Crippen LogP contribution in [0.3, 0.4) is 0 Å². The number of hydroxylamine groups is 2. The number of hydrogen-bond donors (Lipinski definition) is 0. The topological polar surface area (TPSA) is 52.4 Å². The highest BCUT2D eigenvalue weighted by Crippen LogP contribution is 2.23. The third kappa shape index (κ3) is 1.85. The number of anilines is 1. The van der Waals surface area contributed by atoms with Crippen LogP contribution >= 0.6 is 0 Å². The first-order valence-electron chi connectivity index (χ1n) is 5.13. The predicted molar refractivity (Wildman–Crippen MR) is 59.7 cm³/mol. The maximum absolute atomic E-state index is 8.96. The molecule has 5 heteroatoms. The lowest BCUT2D eigenvalue weighted by molar-refractivity contribution is -0.146. The minimum Gasteiger partial charge on any atom is -0.352 e. The first kappa shape index (κ1) is 10.9. The van der Waals surface area contributed by atoms with Gasteiger partial charge >= 0.3 is 0 Å². The van der Waals surface area contributed by atoms with Gasteiger partial charge in [0.1, 0.15) is 11.9 Å². The summed E-state index contributed by atoms with van der Waals surface area (Å²) in [5.74, 6) is 0.769. The van der Waals surface area contributed by atoms with Crippen LogP contribution in [0, 0.1) is 11.3 Å². The molecule has 1 aromatic rings. The molecule has 0 aliphatic carbocycles. The Balaban J connectivity index is 2.04. The molecular weight excluding hydrogens is 204 g/mol. The van der Waals surface area contributed by atoms with Crippen molar-refractivity contribution in [3.05, 3.63) is 23.9 Å². The van der Waals surface area contributed by atoms with Gasteiger partial charge in [-0.15, -0.1) is 0 Å². The lowest BCUT2D eigenvalue weighted by atomic mass is 10.1. The molecule has 1 aliphatic rings. The summed E-state index contributed by atoms with van der Waals surface area (Å²) < 4.78 is 0. The fraction of sp³-hybridized carbons (Fsp3) is 0.455. The van der Waals surface area contributed by atoms with Gasteiger partial charge in [0.25, 0.3) is 0 Å². The molecule has 0 radical (unpaired) electrons. The Kier molecular flexibility index (Phi) is 3.04. The first-order valence-corrected chi connectivity index (χ1v) is 5.13. The first-order chi connectivity index (χ1) is 7.76. The number of nitrogens with zero attached hydrogens (tertiary/aromatic N) is 4. The lowest BCUT2D eigenvalue weighted by Gasteiger charge is -2.43. The number of rotatable bonds is 3. The van der Waals surface area contributed by atoms with Crippen molar-refractivity contribution >= 4 is 5.82 Å². The zero-order valence-electron chi connectivity index (χ0n) is 9.42. The standard InChI is InChI=1S/C11H14N4O/c1-14(16-2)10-7-15(8-10)11-9(6-12)4-3-5-13-11/h3-5,10H,7-8H2,1-2H3. The third-order valence-electron chi connectivity index (χ3n) is 2.87. The van der Waals surface area contributed by atoms with Crippen molar-refractivity contribution in [2.24, 2.45) is 0 Å². The molecule has 1 saturated heterocycles. The van der Waals surface area contributed by atoms with E-state index in [1.165, 1.54) is 0 Å². The van der Waals surface area contributed by atoms with E-state index in [0.717, 1.165) is 18.9 Å². The molecule has 0 aromatic carbocycles. The maximum atomic E-state index is 8.96. The molecule has 0 spiro atoms. The Bertz CT molecular complexity index is 409. The second-order valence-corrected chi connectivity index (χ2v) is 3.77. The SMILES string of the molecule is CON(C)C1CN(c2ncccc2C#N)C1. The summed E-state index contributed by atoms with van der Waals surface area (Å²) in [6.45, 7) is 1.69. The highest BCUT2D eigenvalue weighted by atomic mass is 16.7. The van der Waals surface area contributed by atoms with E-state index in [2.05, 4.69) is 16.0 Å². The maximum Gasteiger partial charge on any atom is 0.146 e. The van der Waals surface area contributed by atoms with Gasteiger partial charge in [0.2, 0.25) is 0 Å². The van der Waals surface area contributed by atoms with Crippen LogP contribution in [-0.4, -0.2) is 43.3 Å². The smallest absolute Gasteiger partial charge is 0.146 e. The van der Waals surface area contributed by atoms with E-state index >= 15 is 0 Å². The van der Waals surface area contributed by atoms with Gasteiger partial charge in [0.05, 0.1) is 18.7 Å². The van der Waals surface area contributed by atoms with Crippen LogP contribution in [0.4, 0.5) is 5.82 Å². The van der Waals surface area contributed by atoms with Gasteiger partial charge < -0.3 is 9.74 Å². The van der Waals surface area contributed by atoms with Crippen molar-refractivity contribution in [1.29, 1.82) is 5.26 Å². The number of likely N-dealkylation sites (N-methyl/N-ethyl adjacent to an activating group) is 1. The van der Waals surface area contributed by atoms with Crippen molar-refractivity contribution in [2.45, 2.75) is 6.04 Å². The average Bonchev–Trinajstić information content (AvgIpc) is 2.27. The summed E-state index contributed by atoms with van der Waals surface area (Å²) in [6, 6.07) is 6.09. The molecule has 0 atom stereocenters. The van der Waals surface area contributed by atoms with Gasteiger partial charge in [-0.3, -0.25) is 0 Å². The second-order valence-electron chi connectivity index (χ2n) is 3.77. The molecule has 0 bridgehead atoms. The van der Waals surface area contributed by atoms with Gasteiger partial charge in [-0.2, -0.15) is 10.3 Å². The van der Waals surface area contributed by atoms with Crippen molar-refractivity contribution in [3.63, 3.8) is 0 Å². The minimum atomic E-state index is 0.374. The summed E-state index contributed by atoms with van der Waals surface area (Å²) in [5, 5.41) is 10.8. The third-order valence-corrected chi connectivity index (χ3v) is 2.87. The largest absolute Gasteiger partial charge is 0.352 e. The molecule has 2 rings (SSSR count). The summed E-state index contributed by atoms with van der Waals surface area (Å²) in [4.78, 5) is 11.4. The lowest BCUT2D eigenvalue weighted by Crippen LogP contribution is -2.58. The Labute approximate surface area is 94.8 Å². The minimum absolute atomic E-state index is 0.374. The van der Waals surface area contributed by atoms with E-state index < -0.39 is 0 Å². The van der Waals surface area contributed by atoms with E-state index in [1.807, 2.05) is 12.1 Å². The molecule has 0 saturated carbocycles. The van der Waals surface area contributed by atoms with Crippen LogP contribution in [0.5, 0.6) is 0 Å². The van der Waals surface area contributed by atoms with Crippen LogP contribution < -0.4 is 4.90 Å². The fourth-order valence-corrected chi connectivity index (χ4v) is 1.74. The normalized spacial score (nSPS) is 16.0. The summed E-state index contributed by atoms with van der Waals surface area (Å²) in [5.41, 5.74) is 0.626. The molecule has 1 fully saturated rings. The summed E-state index contributed by atoms with van der Waals surface area (Å²) >= 11 is 0. The van der Waals surface area contributed by atoms with Gasteiger partial charge in [-0.1, -0.05) is 0 Å². The number of hydrogen-bond acceptors (Lipinski definition) is 5. The van der Waals surface area contributed by atoms with Crippen molar-refractivity contribution in [1.82, 2.24) is 10.0 Å². The van der Waals surface area contributed by atoms with E-state index in [0.29, 0.717) is 11.6 Å². The quantitative estimate of drug-likeness (QED) is 0.697. The van der Waals surface area contributed by atoms with E-state index in [9.17, 15) is 0 Å². The van der Waals surface area contributed by atoms with Crippen molar-refractivity contribution in [2.75, 3.05) is 32.1 Å². The number of aromatic nitrogens is 1. The van der Waals surface area contributed by atoms with Gasteiger partial charge in [-0.05, 0) is 12.1 Å². The number of nitriles is 1. The zero-order valence-corrected chi connectivity index (χ0v) is 9.42. The molecule has 1 aliphatic heterocycles. The Morgan fingerprint density at radius 1 is 1.62 bits per heavy atom. The van der Waals surface area contributed by atoms with E-state index in [4.69, 9.17) is 10.1 Å². The highest BCUT2D eigenvalue weighted by molar-refractivity contribution is 5.55. The highest BCUT2D eigenvalue weighted by Gasteiger charge is 2.32. The second kappa shape index (κ2) is 4.47. The molecule has 5 nitrogen and oxygen atoms in total. The zero-order chi connectivity index (χ0) is 11.5. The van der Waals surface area contributed by atoms with Crippen molar-refractivity contribution < 1.29 is 4.84 Å². The van der Waals surface area contributed by atoms with Crippen LogP contribution in [0.2, 0.25) is 0 Å². The molecular formula is C11H14N4O. The van der Waals surface area contributed by atoms with Crippen LogP contribution in [-0.2, 0) is 4.84 Å². The van der Waals surface area contributed by atoms with Gasteiger partial charge in [0.15, 0.2) is 0 Å². The van der Waals surface area contributed by atoms with Crippen LogP contribution in [0.1, 0.15) is 5.56 Å².